The van der Waals surface area contributed by atoms with Crippen LogP contribution in [0, 0.1) is 0 Å². The molecular formula is C17H20N4O4. The Kier molecular flexibility index (Phi) is 5.89. The fourth-order valence-corrected chi connectivity index (χ4v) is 2.30. The summed E-state index contributed by atoms with van der Waals surface area (Å²) in [7, 11) is 0. The molecule has 0 aliphatic rings. The highest BCUT2D eigenvalue weighted by Crippen LogP contribution is 2.10. The SMILES string of the molecule is CCN(CC)C(=O)c1ccc(C(=O)Nc2ccn(CC(=O)O)n2)cc1. The second-order valence-corrected chi connectivity index (χ2v) is 5.30. The molecule has 2 aromatic rings. The number of anilines is 1. The Balaban J connectivity index is 2.04. The molecule has 0 unspecified atom stereocenters. The van der Waals surface area contributed by atoms with Crippen molar-refractivity contribution in [2.45, 2.75) is 20.4 Å². The van der Waals surface area contributed by atoms with Crippen molar-refractivity contribution in [3.05, 3.63) is 47.7 Å². The van der Waals surface area contributed by atoms with Gasteiger partial charge in [-0.2, -0.15) is 5.10 Å². The third-order valence-electron chi connectivity index (χ3n) is 3.62. The van der Waals surface area contributed by atoms with Gasteiger partial charge >= 0.3 is 5.97 Å². The first kappa shape index (κ1) is 18.2. The summed E-state index contributed by atoms with van der Waals surface area (Å²) < 4.78 is 1.21. The minimum absolute atomic E-state index is 0.0793. The van der Waals surface area contributed by atoms with Gasteiger partial charge in [-0.1, -0.05) is 0 Å². The van der Waals surface area contributed by atoms with Crippen LogP contribution in [0.15, 0.2) is 36.5 Å². The molecule has 2 rings (SSSR count). The molecule has 8 nitrogen and oxygen atoms in total. The third kappa shape index (κ3) is 4.66. The van der Waals surface area contributed by atoms with Crippen LogP contribution in [0.2, 0.25) is 0 Å². The van der Waals surface area contributed by atoms with E-state index in [1.807, 2.05) is 13.8 Å². The van der Waals surface area contributed by atoms with Gasteiger partial charge in [-0.05, 0) is 38.1 Å². The molecule has 132 valence electrons. The second-order valence-electron chi connectivity index (χ2n) is 5.30. The monoisotopic (exact) mass is 344 g/mol. The third-order valence-corrected chi connectivity index (χ3v) is 3.62. The summed E-state index contributed by atoms with van der Waals surface area (Å²) in [6.07, 6.45) is 1.47. The van der Waals surface area contributed by atoms with Gasteiger partial charge < -0.3 is 15.3 Å². The molecule has 0 bridgehead atoms. The first-order valence-corrected chi connectivity index (χ1v) is 7.90. The number of hydrogen-bond donors (Lipinski definition) is 2. The number of carbonyl (C=O) groups is 3. The standard InChI is InChI=1S/C17H20N4O4/c1-3-20(4-2)17(25)13-7-5-12(6-8-13)16(24)18-14-9-10-21(19-14)11-15(22)23/h5-10H,3-4,11H2,1-2H3,(H,22,23)(H,18,19,24). The van der Waals surface area contributed by atoms with Crippen LogP contribution in [0.25, 0.3) is 0 Å². The molecule has 0 fully saturated rings. The molecule has 0 atom stereocenters. The van der Waals surface area contributed by atoms with Crippen LogP contribution in [-0.4, -0.2) is 50.7 Å². The number of carboxylic acid groups (broad SMARTS) is 1. The summed E-state index contributed by atoms with van der Waals surface area (Å²) in [5.41, 5.74) is 0.898. The van der Waals surface area contributed by atoms with E-state index >= 15 is 0 Å². The van der Waals surface area contributed by atoms with Crippen LogP contribution in [0.1, 0.15) is 34.6 Å². The number of aromatic nitrogens is 2. The van der Waals surface area contributed by atoms with E-state index in [1.165, 1.54) is 16.9 Å². The van der Waals surface area contributed by atoms with E-state index < -0.39 is 5.97 Å². The number of benzene rings is 1. The molecule has 2 N–H and O–H groups in total. The number of nitrogens with one attached hydrogen (secondary N) is 1. The minimum Gasteiger partial charge on any atom is -0.480 e. The van der Waals surface area contributed by atoms with Crippen molar-refractivity contribution < 1.29 is 19.5 Å². The molecule has 8 heteroatoms. The fraction of sp³-hybridized carbons (Fsp3) is 0.294. The summed E-state index contributed by atoms with van der Waals surface area (Å²) in [5.74, 6) is -1.23. The number of amides is 2. The summed E-state index contributed by atoms with van der Waals surface area (Å²) in [4.78, 5) is 36.8. The number of rotatable bonds is 7. The number of carboxylic acids is 1. The van der Waals surface area contributed by atoms with Gasteiger partial charge in [-0.25, -0.2) is 0 Å². The lowest BCUT2D eigenvalue weighted by atomic mass is 10.1. The van der Waals surface area contributed by atoms with Crippen molar-refractivity contribution >= 4 is 23.6 Å². The molecule has 0 aliphatic heterocycles. The van der Waals surface area contributed by atoms with Crippen molar-refractivity contribution in [1.29, 1.82) is 0 Å². The molecule has 0 saturated heterocycles. The topological polar surface area (TPSA) is 105 Å². The Hall–Kier alpha value is -3.16. The Labute approximate surface area is 145 Å². The predicted octanol–water partition coefficient (Wildman–Crippen LogP) is 1.70. The lowest BCUT2D eigenvalue weighted by molar-refractivity contribution is -0.137. The smallest absolute Gasteiger partial charge is 0.325 e. The van der Waals surface area contributed by atoms with Crippen molar-refractivity contribution in [3.63, 3.8) is 0 Å². The summed E-state index contributed by atoms with van der Waals surface area (Å²) in [6, 6.07) is 7.87. The van der Waals surface area contributed by atoms with Crippen molar-refractivity contribution in [2.24, 2.45) is 0 Å². The van der Waals surface area contributed by atoms with Crippen molar-refractivity contribution in [3.8, 4) is 0 Å². The Morgan fingerprint density at radius 2 is 1.68 bits per heavy atom. The van der Waals surface area contributed by atoms with Crippen LogP contribution in [0.5, 0.6) is 0 Å². The van der Waals surface area contributed by atoms with Crippen molar-refractivity contribution in [2.75, 3.05) is 18.4 Å². The molecule has 0 saturated carbocycles. The Morgan fingerprint density at radius 3 is 2.24 bits per heavy atom. The lowest BCUT2D eigenvalue weighted by Gasteiger charge is -2.18. The van der Waals surface area contributed by atoms with E-state index in [-0.39, 0.29) is 24.2 Å². The quantitative estimate of drug-likeness (QED) is 0.795. The largest absolute Gasteiger partial charge is 0.480 e. The summed E-state index contributed by atoms with van der Waals surface area (Å²) in [6.45, 7) is 4.78. The number of hydrogen-bond acceptors (Lipinski definition) is 4. The second kappa shape index (κ2) is 8.09. The van der Waals surface area contributed by atoms with Gasteiger partial charge in [0.05, 0.1) is 0 Å². The van der Waals surface area contributed by atoms with Gasteiger partial charge in [0.25, 0.3) is 11.8 Å². The van der Waals surface area contributed by atoms with Gasteiger partial charge in [-0.15, -0.1) is 0 Å². The van der Waals surface area contributed by atoms with E-state index in [1.54, 1.807) is 29.2 Å². The van der Waals surface area contributed by atoms with E-state index in [9.17, 15) is 14.4 Å². The number of nitrogens with zero attached hydrogens (tertiary/aromatic N) is 3. The zero-order valence-corrected chi connectivity index (χ0v) is 14.1. The maximum absolute atomic E-state index is 12.2. The van der Waals surface area contributed by atoms with E-state index in [0.29, 0.717) is 24.2 Å². The van der Waals surface area contributed by atoms with Crippen LogP contribution in [0.4, 0.5) is 5.82 Å². The van der Waals surface area contributed by atoms with Gasteiger partial charge in [0.15, 0.2) is 5.82 Å². The Bertz CT molecular complexity index is 763. The fourth-order valence-electron chi connectivity index (χ4n) is 2.30. The van der Waals surface area contributed by atoms with Crippen LogP contribution in [-0.2, 0) is 11.3 Å². The Morgan fingerprint density at radius 1 is 1.08 bits per heavy atom. The van der Waals surface area contributed by atoms with Crippen LogP contribution < -0.4 is 5.32 Å². The van der Waals surface area contributed by atoms with E-state index in [2.05, 4.69) is 10.4 Å². The average molecular weight is 344 g/mol. The maximum Gasteiger partial charge on any atom is 0.325 e. The maximum atomic E-state index is 12.2. The summed E-state index contributed by atoms with van der Waals surface area (Å²) >= 11 is 0. The zero-order valence-electron chi connectivity index (χ0n) is 14.1. The molecule has 0 aliphatic carbocycles. The highest BCUT2D eigenvalue weighted by Gasteiger charge is 2.14. The molecular weight excluding hydrogens is 324 g/mol. The summed E-state index contributed by atoms with van der Waals surface area (Å²) in [5, 5.41) is 15.2. The van der Waals surface area contributed by atoms with Gasteiger partial charge in [0.1, 0.15) is 6.54 Å². The van der Waals surface area contributed by atoms with Crippen LogP contribution >= 0.6 is 0 Å². The highest BCUT2D eigenvalue weighted by molar-refractivity contribution is 6.04. The van der Waals surface area contributed by atoms with E-state index in [0.717, 1.165) is 0 Å². The minimum atomic E-state index is -1.02. The number of carbonyl (C=O) groups excluding carboxylic acids is 2. The molecule has 1 aromatic heterocycles. The molecule has 1 heterocycles. The highest BCUT2D eigenvalue weighted by atomic mass is 16.4. The number of aliphatic carboxylic acids is 1. The molecule has 0 radical (unpaired) electrons. The van der Waals surface area contributed by atoms with Gasteiger partial charge in [0, 0.05) is 36.5 Å². The van der Waals surface area contributed by atoms with Crippen LogP contribution in [0.3, 0.4) is 0 Å². The molecule has 0 spiro atoms. The van der Waals surface area contributed by atoms with Gasteiger partial charge in [0.2, 0.25) is 0 Å². The van der Waals surface area contributed by atoms with Crippen molar-refractivity contribution in [1.82, 2.24) is 14.7 Å². The lowest BCUT2D eigenvalue weighted by Crippen LogP contribution is -2.30. The van der Waals surface area contributed by atoms with E-state index in [4.69, 9.17) is 5.11 Å². The molecule has 1 aromatic carbocycles. The predicted molar refractivity (Wildman–Crippen MR) is 91.5 cm³/mol. The molecule has 25 heavy (non-hydrogen) atoms. The zero-order chi connectivity index (χ0) is 18.4. The average Bonchev–Trinajstić information content (AvgIpc) is 3.02. The normalized spacial score (nSPS) is 10.3. The molecule has 2 amide bonds. The first-order chi connectivity index (χ1) is 11.9. The van der Waals surface area contributed by atoms with Gasteiger partial charge in [-0.3, -0.25) is 19.1 Å². The first-order valence-electron chi connectivity index (χ1n) is 7.90.